The smallest absolute Gasteiger partial charge is 0.190 e. The first kappa shape index (κ1) is 94.6. The van der Waals surface area contributed by atoms with Crippen LogP contribution in [-0.4, -0.2) is 164 Å². The maximum absolute atomic E-state index is 13.5. The van der Waals surface area contributed by atoms with Gasteiger partial charge in [-0.15, -0.1) is 0 Å². The Kier molecular flexibility index (Phi) is 68.6. The third-order valence-corrected chi connectivity index (χ3v) is 20.2. The molecule has 1 heterocycles. The van der Waals surface area contributed by atoms with Crippen LogP contribution in [0.25, 0.3) is 0 Å². The lowest BCUT2D eigenvalue weighted by Crippen LogP contribution is -2.57. The van der Waals surface area contributed by atoms with Crippen molar-refractivity contribution in [1.29, 1.82) is 0 Å². The Morgan fingerprint density at radius 1 is 0.340 bits per heavy atom. The number of rotatable bonds is 68. The molecule has 1 aliphatic rings. The number of hydrogen-bond acceptors (Lipinski definition) is 12. The van der Waals surface area contributed by atoms with E-state index >= 15 is 0 Å². The van der Waals surface area contributed by atoms with Gasteiger partial charge in [0.15, 0.2) is 10.2 Å². The highest BCUT2D eigenvalue weighted by atomic mass is 32.2. The molecule has 6 atom stereocenters. The van der Waals surface area contributed by atoms with Crippen LogP contribution in [0, 0.1) is 0 Å². The van der Waals surface area contributed by atoms with Gasteiger partial charge in [-0.25, -0.2) is 0 Å². The molecule has 0 aromatic carbocycles. The summed E-state index contributed by atoms with van der Waals surface area (Å²) < 4.78 is 0. The Morgan fingerprint density at radius 2 is 0.560 bits per heavy atom. The highest BCUT2D eigenvalue weighted by Gasteiger charge is 2.29. The van der Waals surface area contributed by atoms with Gasteiger partial charge in [0, 0.05) is 102 Å². The third kappa shape index (κ3) is 63.1. The molecule has 0 amide bonds. The minimum atomic E-state index is -0.487. The Morgan fingerprint density at radius 3 is 0.800 bits per heavy atom. The number of hydrogen-bond donors (Lipinski definition) is 4. The molecule has 572 valence electrons. The number of aliphatic hydroxyl groups is 4. The lowest BCUT2D eigenvalue weighted by Gasteiger charge is -2.44. The summed E-state index contributed by atoms with van der Waals surface area (Å²) in [4.78, 5) is 36.3. The standard InChI is InChI=1S/C88H152N4O6S2/c1-7-11-15-19-23-27-31-35-39-43-47-51-55-59-63-83(93)77-89(78-84(94)64-60-56-52-48-44-40-36-32-28-24-20-16-12-8-2)69-67-87(97)99-73-71-91-75-82(6)92(76-81(91)5)72-74-100-88(98)68-70-90(79-85(95)65-61-57-53-49-45-41-37-33-29-25-21-17-13-9-3)80-86(96)66-62-58-54-50-46-42-38-34-30-26-22-18-14-10-4/h11-18,23-30,35-42,81-86,93-96H,7-10,19-22,31-34,43-80H2,1-6H3/b15-11-,16-12-,17-13-,18-14-,27-23-,28-24-,29-25-,30-26-,39-35-,40-36-,41-37-,42-38-. The van der Waals surface area contributed by atoms with E-state index < -0.39 is 24.4 Å². The summed E-state index contributed by atoms with van der Waals surface area (Å²) in [5.41, 5.74) is 0. The fourth-order valence-electron chi connectivity index (χ4n) is 12.5. The van der Waals surface area contributed by atoms with Crippen molar-refractivity contribution < 1.29 is 30.0 Å². The van der Waals surface area contributed by atoms with Crippen LogP contribution in [0.1, 0.15) is 286 Å². The molecule has 1 fully saturated rings. The number of carbonyl (C=O) groups is 2. The molecule has 1 aliphatic heterocycles. The van der Waals surface area contributed by atoms with E-state index in [1.165, 1.54) is 23.5 Å². The fraction of sp³-hybridized carbons (Fsp3) is 0.705. The zero-order valence-electron chi connectivity index (χ0n) is 64.9. The SMILES string of the molecule is CC/C=C\C/C=C\C/C=C\CCCCCCC(O)CN(CCC(=O)SCCN1CC(C)N(CCSC(=O)CCN(CC(O)CCCCCC/C=C\C/C=C\C/C=C\CC)CC(O)CCCCCC/C=C\C/C=C\C/C=C\CC)CC1C)CC(O)CCCCCC/C=C\C/C=C\C/C=C\CC. The van der Waals surface area contributed by atoms with Gasteiger partial charge in [-0.3, -0.25) is 29.2 Å². The number of piperazine rings is 1. The van der Waals surface area contributed by atoms with Crippen LogP contribution in [0.4, 0.5) is 0 Å². The van der Waals surface area contributed by atoms with Crippen molar-refractivity contribution in [1.82, 2.24) is 19.6 Å². The van der Waals surface area contributed by atoms with Gasteiger partial charge in [-0.1, -0.05) is 274 Å². The summed E-state index contributed by atoms with van der Waals surface area (Å²) in [6.45, 7) is 19.7. The summed E-state index contributed by atoms with van der Waals surface area (Å²) in [6.07, 6.45) is 89.7. The van der Waals surface area contributed by atoms with Crippen molar-refractivity contribution >= 4 is 33.8 Å². The van der Waals surface area contributed by atoms with Crippen molar-refractivity contribution in [2.75, 3.05) is 77.0 Å². The Bertz CT molecular complexity index is 1980. The van der Waals surface area contributed by atoms with E-state index in [0.29, 0.717) is 64.2 Å². The predicted molar refractivity (Wildman–Crippen MR) is 442 cm³/mol. The van der Waals surface area contributed by atoms with Crippen molar-refractivity contribution in [3.8, 4) is 0 Å². The Hall–Kier alpha value is -3.40. The first-order valence-corrected chi connectivity index (χ1v) is 42.6. The number of nitrogens with zero attached hydrogens (tertiary/aromatic N) is 4. The van der Waals surface area contributed by atoms with Crippen molar-refractivity contribution in [3.05, 3.63) is 146 Å². The maximum Gasteiger partial charge on any atom is 0.190 e. The third-order valence-electron chi connectivity index (χ3n) is 18.4. The van der Waals surface area contributed by atoms with E-state index in [1.54, 1.807) is 0 Å². The lowest BCUT2D eigenvalue weighted by molar-refractivity contribution is -0.112. The molecule has 1 rings (SSSR count). The molecule has 12 heteroatoms. The summed E-state index contributed by atoms with van der Waals surface area (Å²) >= 11 is 2.84. The summed E-state index contributed by atoms with van der Waals surface area (Å²) in [6, 6.07) is 0.654. The summed E-state index contributed by atoms with van der Waals surface area (Å²) in [5, 5.41) is 45.4. The predicted octanol–water partition coefficient (Wildman–Crippen LogP) is 21.5. The molecule has 0 bridgehead atoms. The molecule has 0 saturated carbocycles. The number of allylic oxidation sites excluding steroid dienone is 24. The first-order valence-electron chi connectivity index (χ1n) is 40.7. The molecular weight excluding hydrogens is 1270 g/mol. The fourth-order valence-corrected chi connectivity index (χ4v) is 14.0. The largest absolute Gasteiger partial charge is 0.392 e. The Balaban J connectivity index is 2.68. The van der Waals surface area contributed by atoms with Gasteiger partial charge in [0.05, 0.1) is 24.4 Å². The second-order valence-electron chi connectivity index (χ2n) is 27.9. The molecule has 6 unspecified atom stereocenters. The first-order chi connectivity index (χ1) is 48.9. The van der Waals surface area contributed by atoms with Crippen LogP contribution in [0.3, 0.4) is 0 Å². The van der Waals surface area contributed by atoms with Gasteiger partial charge >= 0.3 is 0 Å². The monoisotopic (exact) mass is 1430 g/mol. The van der Waals surface area contributed by atoms with Gasteiger partial charge in [-0.05, 0) is 168 Å². The lowest BCUT2D eigenvalue weighted by atomic mass is 10.1. The molecule has 0 aromatic rings. The minimum Gasteiger partial charge on any atom is -0.392 e. The quantitative estimate of drug-likeness (QED) is 0.0342. The van der Waals surface area contributed by atoms with Crippen molar-refractivity contribution in [3.63, 3.8) is 0 Å². The number of aliphatic hydroxyl groups excluding tert-OH is 4. The van der Waals surface area contributed by atoms with Crippen molar-refractivity contribution in [2.45, 2.75) is 322 Å². The zero-order valence-corrected chi connectivity index (χ0v) is 66.5. The molecule has 0 radical (unpaired) electrons. The van der Waals surface area contributed by atoms with Crippen LogP contribution in [0.15, 0.2) is 146 Å². The second kappa shape index (κ2) is 72.5. The molecular formula is C88H152N4O6S2. The topological polar surface area (TPSA) is 128 Å². The van der Waals surface area contributed by atoms with Gasteiger partial charge in [-0.2, -0.15) is 0 Å². The van der Waals surface area contributed by atoms with Gasteiger partial charge < -0.3 is 20.4 Å². The minimum absolute atomic E-state index is 0.167. The Labute approximate surface area is 624 Å². The molecule has 4 N–H and O–H groups in total. The highest BCUT2D eigenvalue weighted by molar-refractivity contribution is 8.13. The van der Waals surface area contributed by atoms with Crippen molar-refractivity contribution in [2.24, 2.45) is 0 Å². The number of thioether (sulfide) groups is 2. The van der Waals surface area contributed by atoms with Crippen LogP contribution in [0.2, 0.25) is 0 Å². The molecule has 1 saturated heterocycles. The average molecular weight is 1430 g/mol. The average Bonchev–Trinajstić information content (AvgIpc) is 0.850. The summed E-state index contributed by atoms with van der Waals surface area (Å²) in [5.74, 6) is 1.46. The highest BCUT2D eigenvalue weighted by Crippen LogP contribution is 2.21. The van der Waals surface area contributed by atoms with E-state index in [-0.39, 0.29) is 10.2 Å². The normalized spacial score (nSPS) is 17.0. The van der Waals surface area contributed by atoms with Crippen LogP contribution >= 0.6 is 23.5 Å². The number of carbonyl (C=O) groups excluding carboxylic acids is 2. The van der Waals surface area contributed by atoms with Gasteiger partial charge in [0.2, 0.25) is 0 Å². The van der Waals surface area contributed by atoms with E-state index in [9.17, 15) is 30.0 Å². The van der Waals surface area contributed by atoms with E-state index in [0.717, 1.165) is 269 Å². The molecule has 0 aromatic heterocycles. The van der Waals surface area contributed by atoms with Gasteiger partial charge in [0.1, 0.15) is 0 Å². The van der Waals surface area contributed by atoms with E-state index in [4.69, 9.17) is 0 Å². The van der Waals surface area contributed by atoms with Crippen LogP contribution in [-0.2, 0) is 9.59 Å². The summed E-state index contributed by atoms with van der Waals surface area (Å²) in [7, 11) is 0. The van der Waals surface area contributed by atoms with E-state index in [1.807, 2.05) is 0 Å². The number of unbranched alkanes of at least 4 members (excludes halogenated alkanes) is 16. The molecule has 0 spiro atoms. The van der Waals surface area contributed by atoms with Gasteiger partial charge in [0.25, 0.3) is 0 Å². The van der Waals surface area contributed by atoms with Crippen LogP contribution in [0.5, 0.6) is 0 Å². The molecule has 0 aliphatic carbocycles. The zero-order chi connectivity index (χ0) is 72.7. The molecule has 10 nitrogen and oxygen atoms in total. The molecule has 100 heavy (non-hydrogen) atoms. The van der Waals surface area contributed by atoms with Crippen LogP contribution < -0.4 is 0 Å². The maximum atomic E-state index is 13.5. The second-order valence-corrected chi connectivity index (χ2v) is 30.2. The van der Waals surface area contributed by atoms with E-state index in [2.05, 4.69) is 207 Å².